The van der Waals surface area contributed by atoms with Crippen LogP contribution in [0.15, 0.2) is 18.6 Å². The zero-order valence-electron chi connectivity index (χ0n) is 16.9. The highest BCUT2D eigenvalue weighted by atomic mass is 16.6. The fourth-order valence-corrected chi connectivity index (χ4v) is 4.36. The number of rotatable bonds is 6. The Labute approximate surface area is 174 Å². The van der Waals surface area contributed by atoms with E-state index in [0.29, 0.717) is 0 Å². The monoisotopic (exact) mass is 408 g/mol. The van der Waals surface area contributed by atoms with Crippen LogP contribution in [0, 0.1) is 11.3 Å². The molecule has 1 heterocycles. The quantitative estimate of drug-likeness (QED) is 0.737. The number of imidazole rings is 1. The van der Waals surface area contributed by atoms with Crippen molar-refractivity contribution in [2.45, 2.75) is 58.1 Å². The van der Waals surface area contributed by atoms with E-state index in [0.717, 1.165) is 44.2 Å². The Bertz CT molecular complexity index is 989. The second-order valence-corrected chi connectivity index (χ2v) is 7.55. The highest BCUT2D eigenvalue weighted by Crippen LogP contribution is 2.38. The van der Waals surface area contributed by atoms with Crippen LogP contribution in [0.4, 0.5) is 10.5 Å². The van der Waals surface area contributed by atoms with Crippen molar-refractivity contribution in [1.29, 1.82) is 5.26 Å². The minimum absolute atomic E-state index is 0.0415. The fraction of sp³-hybridized carbons (Fsp3) is 0.455. The molecule has 156 valence electrons. The van der Waals surface area contributed by atoms with Gasteiger partial charge in [-0.15, -0.1) is 0 Å². The number of nitriles is 1. The van der Waals surface area contributed by atoms with Crippen LogP contribution >= 0.6 is 0 Å². The highest BCUT2D eigenvalue weighted by molar-refractivity contribution is 5.90. The maximum Gasteiger partial charge on any atom is 0.412 e. The van der Waals surface area contributed by atoms with Crippen molar-refractivity contribution in [3.63, 3.8) is 0 Å². The summed E-state index contributed by atoms with van der Waals surface area (Å²) >= 11 is 0. The minimum atomic E-state index is -1.18. The lowest BCUT2D eigenvalue weighted by Gasteiger charge is -2.20. The fourth-order valence-electron chi connectivity index (χ4n) is 4.36. The summed E-state index contributed by atoms with van der Waals surface area (Å²) in [6, 6.07) is 4.28. The number of benzene rings is 1. The van der Waals surface area contributed by atoms with E-state index in [1.165, 1.54) is 39.3 Å². The van der Waals surface area contributed by atoms with Crippen molar-refractivity contribution in [3.05, 3.63) is 46.5 Å². The van der Waals surface area contributed by atoms with Crippen molar-refractivity contribution < 1.29 is 19.1 Å². The van der Waals surface area contributed by atoms with E-state index in [4.69, 9.17) is 9.47 Å². The molecule has 8 heteroatoms. The molecule has 1 unspecified atom stereocenters. The molecule has 0 aliphatic heterocycles. The SMILES string of the molecule is CCOC(=O)C(Cn1cncc1C#N)OC(=O)Nc1c2c(cc3c1CCC3)CCC2. The Hall–Kier alpha value is -3.34. The average Bonchev–Trinajstić information content (AvgIpc) is 3.47. The van der Waals surface area contributed by atoms with E-state index in [1.54, 1.807) is 6.92 Å². The van der Waals surface area contributed by atoms with Crippen LogP contribution in [0.5, 0.6) is 0 Å². The molecule has 30 heavy (non-hydrogen) atoms. The predicted octanol–water partition coefficient (Wildman–Crippen LogP) is 2.91. The maximum atomic E-state index is 12.8. The molecule has 0 fully saturated rings. The van der Waals surface area contributed by atoms with Gasteiger partial charge in [0.05, 0.1) is 31.4 Å². The lowest BCUT2D eigenvalue weighted by molar-refractivity contribution is -0.153. The molecule has 2 aliphatic carbocycles. The van der Waals surface area contributed by atoms with Crippen molar-refractivity contribution in [3.8, 4) is 6.07 Å². The lowest BCUT2D eigenvalue weighted by Crippen LogP contribution is -2.35. The first-order valence-electron chi connectivity index (χ1n) is 10.3. The normalized spacial score (nSPS) is 15.1. The summed E-state index contributed by atoms with van der Waals surface area (Å²) in [4.78, 5) is 29.1. The molecular formula is C22H24N4O4. The highest BCUT2D eigenvalue weighted by Gasteiger charge is 2.29. The van der Waals surface area contributed by atoms with Crippen molar-refractivity contribution in [2.24, 2.45) is 0 Å². The molecule has 2 aliphatic rings. The number of nitrogens with one attached hydrogen (secondary N) is 1. The van der Waals surface area contributed by atoms with Crippen LogP contribution in [0.3, 0.4) is 0 Å². The van der Waals surface area contributed by atoms with Crippen molar-refractivity contribution in [2.75, 3.05) is 11.9 Å². The minimum Gasteiger partial charge on any atom is -0.463 e. The molecule has 0 saturated heterocycles. The number of anilines is 1. The summed E-state index contributed by atoms with van der Waals surface area (Å²) in [6.45, 7) is 1.80. The third-order valence-corrected chi connectivity index (χ3v) is 5.69. The Morgan fingerprint density at radius 1 is 1.23 bits per heavy atom. The number of hydrogen-bond acceptors (Lipinski definition) is 6. The topological polar surface area (TPSA) is 106 Å². The summed E-state index contributed by atoms with van der Waals surface area (Å²) < 4.78 is 12.0. The predicted molar refractivity (Wildman–Crippen MR) is 108 cm³/mol. The van der Waals surface area contributed by atoms with Gasteiger partial charge >= 0.3 is 12.1 Å². The van der Waals surface area contributed by atoms with Gasteiger partial charge in [0.1, 0.15) is 11.8 Å². The zero-order valence-corrected chi connectivity index (χ0v) is 16.9. The molecule has 2 aromatic rings. The Morgan fingerprint density at radius 2 is 1.93 bits per heavy atom. The van der Waals surface area contributed by atoms with Crippen molar-refractivity contribution >= 4 is 17.7 Å². The molecule has 1 aromatic heterocycles. The third kappa shape index (κ3) is 3.88. The van der Waals surface area contributed by atoms with Crippen LogP contribution in [0.1, 0.15) is 47.7 Å². The van der Waals surface area contributed by atoms with Gasteiger partial charge in [-0.25, -0.2) is 14.6 Å². The Morgan fingerprint density at radius 3 is 2.57 bits per heavy atom. The lowest BCUT2D eigenvalue weighted by atomic mass is 9.99. The van der Waals surface area contributed by atoms with Crippen LogP contribution in [0.2, 0.25) is 0 Å². The first-order valence-corrected chi connectivity index (χ1v) is 10.3. The largest absolute Gasteiger partial charge is 0.463 e. The molecule has 1 amide bonds. The van der Waals surface area contributed by atoms with Gasteiger partial charge in [-0.05, 0) is 67.7 Å². The van der Waals surface area contributed by atoms with Crippen molar-refractivity contribution in [1.82, 2.24) is 9.55 Å². The van der Waals surface area contributed by atoms with Gasteiger partial charge in [-0.2, -0.15) is 5.26 Å². The smallest absolute Gasteiger partial charge is 0.412 e. The molecule has 0 radical (unpaired) electrons. The van der Waals surface area contributed by atoms with Gasteiger partial charge in [0.25, 0.3) is 0 Å². The summed E-state index contributed by atoms with van der Waals surface area (Å²) in [6.07, 6.45) is 6.99. The van der Waals surface area contributed by atoms with Crippen LogP contribution in [-0.4, -0.2) is 34.3 Å². The first-order chi connectivity index (χ1) is 14.6. The summed E-state index contributed by atoms with van der Waals surface area (Å²) in [5.41, 5.74) is 6.08. The van der Waals surface area contributed by atoms with E-state index < -0.39 is 18.2 Å². The third-order valence-electron chi connectivity index (χ3n) is 5.69. The molecule has 0 bridgehead atoms. The molecule has 1 atom stereocenters. The van der Waals surface area contributed by atoms with Crippen LogP contribution < -0.4 is 5.32 Å². The standard InChI is InChI=1S/C22H24N4O4/c1-2-29-21(27)19(12-26-13-24-11-16(26)10-23)30-22(28)25-20-17-7-3-5-14(17)9-15-6-4-8-18(15)20/h9,11,13,19H,2-8,12H2,1H3,(H,25,28). The number of fused-ring (bicyclic) bond motifs is 2. The number of carbonyl (C=O) groups is 2. The first kappa shape index (κ1) is 20.0. The van der Waals surface area contributed by atoms with E-state index in [1.807, 2.05) is 6.07 Å². The summed E-state index contributed by atoms with van der Waals surface area (Å²) in [7, 11) is 0. The molecule has 1 N–H and O–H groups in total. The molecule has 8 nitrogen and oxygen atoms in total. The van der Waals surface area contributed by atoms with Gasteiger partial charge in [-0.1, -0.05) is 6.07 Å². The zero-order chi connectivity index (χ0) is 21.1. The van der Waals surface area contributed by atoms with Crippen LogP contribution in [0.25, 0.3) is 0 Å². The number of hydrogen-bond donors (Lipinski definition) is 1. The molecule has 1 aromatic carbocycles. The molecule has 0 spiro atoms. The van der Waals surface area contributed by atoms with Gasteiger partial charge in [0.15, 0.2) is 0 Å². The van der Waals surface area contributed by atoms with Gasteiger partial charge in [-0.3, -0.25) is 5.32 Å². The van der Waals surface area contributed by atoms with E-state index in [2.05, 4.69) is 16.4 Å². The van der Waals surface area contributed by atoms with E-state index in [9.17, 15) is 14.9 Å². The summed E-state index contributed by atoms with van der Waals surface area (Å²) in [5, 5.41) is 12.1. The number of ether oxygens (including phenoxy) is 2. The van der Waals surface area contributed by atoms with E-state index in [-0.39, 0.29) is 18.8 Å². The second-order valence-electron chi connectivity index (χ2n) is 7.55. The summed E-state index contributed by atoms with van der Waals surface area (Å²) in [5.74, 6) is -0.659. The van der Waals surface area contributed by atoms with E-state index >= 15 is 0 Å². The Balaban J connectivity index is 1.54. The van der Waals surface area contributed by atoms with Gasteiger partial charge in [0.2, 0.25) is 6.10 Å². The molecular weight excluding hydrogens is 384 g/mol. The number of carbonyl (C=O) groups excluding carboxylic acids is 2. The number of nitrogens with zero attached hydrogens (tertiary/aromatic N) is 3. The number of amides is 1. The maximum absolute atomic E-state index is 12.8. The van der Waals surface area contributed by atoms with Crippen LogP contribution in [-0.2, 0) is 46.5 Å². The molecule has 4 rings (SSSR count). The second kappa shape index (κ2) is 8.57. The molecule has 0 saturated carbocycles. The number of esters is 1. The Kier molecular flexibility index (Phi) is 5.70. The number of aryl methyl sites for hydroxylation is 2. The van der Waals surface area contributed by atoms with Gasteiger partial charge in [0, 0.05) is 0 Å². The number of aromatic nitrogens is 2. The average molecular weight is 408 g/mol. The van der Waals surface area contributed by atoms with Gasteiger partial charge < -0.3 is 14.0 Å².